The maximum absolute atomic E-state index is 12.2. The zero-order valence-corrected chi connectivity index (χ0v) is 33.9. The molecule has 0 saturated carbocycles. The number of carbonyl (C=O) groups is 1. The Labute approximate surface area is 333 Å². The summed E-state index contributed by atoms with van der Waals surface area (Å²) in [6.07, 6.45) is 0. The summed E-state index contributed by atoms with van der Waals surface area (Å²) >= 11 is 10.9. The molecule has 8 rings (SSSR count). The van der Waals surface area contributed by atoms with Crippen molar-refractivity contribution in [2.75, 3.05) is 0 Å². The molecule has 6 aromatic carbocycles. The van der Waals surface area contributed by atoms with Crippen molar-refractivity contribution in [3.05, 3.63) is 162 Å². The van der Waals surface area contributed by atoms with Gasteiger partial charge in [-0.1, -0.05) is 110 Å². The average Bonchev–Trinajstić information content (AvgIpc) is 3.14. The molecule has 0 atom stereocenters. The van der Waals surface area contributed by atoms with E-state index in [1.165, 1.54) is 46.7 Å². The Hall–Kier alpha value is -3.57. The van der Waals surface area contributed by atoms with Crippen molar-refractivity contribution in [1.29, 1.82) is 0 Å². The van der Waals surface area contributed by atoms with Gasteiger partial charge in [0.25, 0.3) is 0 Å². The molecule has 0 radical (unpaired) electrons. The predicted molar refractivity (Wildman–Crippen MR) is 225 cm³/mol. The second-order valence-corrected chi connectivity index (χ2v) is 16.9. The Kier molecular flexibility index (Phi) is 17.5. The van der Waals surface area contributed by atoms with Gasteiger partial charge in [-0.05, 0) is 118 Å². The van der Waals surface area contributed by atoms with Crippen LogP contribution in [0.25, 0.3) is 0 Å². The van der Waals surface area contributed by atoms with E-state index in [0.717, 1.165) is 26.5 Å². The van der Waals surface area contributed by atoms with E-state index in [4.69, 9.17) is 9.90 Å². The minimum absolute atomic E-state index is 0. The van der Waals surface area contributed by atoms with E-state index >= 15 is 0 Å². The molecule has 52 heavy (non-hydrogen) atoms. The Morgan fingerprint density at radius 3 is 1.33 bits per heavy atom. The number of fused-ring (bicyclic) bond motifs is 4. The molecule has 0 bridgehead atoms. The summed E-state index contributed by atoms with van der Waals surface area (Å²) in [5.74, 6) is -1.08. The quantitative estimate of drug-likeness (QED) is 0.153. The van der Waals surface area contributed by atoms with E-state index in [2.05, 4.69) is 141 Å². The van der Waals surface area contributed by atoms with Crippen LogP contribution in [0.5, 0.6) is 0 Å². The van der Waals surface area contributed by atoms with Crippen LogP contribution in [-0.2, 0) is 48.9 Å². The minimum Gasteiger partial charge on any atom is -0.550 e. The molecular formula is C43H42O3S6. The van der Waals surface area contributed by atoms with Crippen molar-refractivity contribution in [2.24, 2.45) is 0 Å². The van der Waals surface area contributed by atoms with Gasteiger partial charge in [-0.3, -0.25) is 0 Å². The lowest BCUT2D eigenvalue weighted by molar-refractivity contribution is -0.302. The van der Waals surface area contributed by atoms with Gasteiger partial charge in [0.2, 0.25) is 0 Å². The van der Waals surface area contributed by atoms with Crippen molar-refractivity contribution in [3.8, 4) is 0 Å². The fourth-order valence-electron chi connectivity index (χ4n) is 5.01. The summed E-state index contributed by atoms with van der Waals surface area (Å²) in [6, 6.07) is 48.7. The summed E-state index contributed by atoms with van der Waals surface area (Å²) in [4.78, 5) is 20.1. The fourth-order valence-corrected chi connectivity index (χ4v) is 11.6. The molecule has 6 aromatic rings. The number of aryl methyl sites for hydroxylation is 4. The zero-order chi connectivity index (χ0) is 36.9. The van der Waals surface area contributed by atoms with Gasteiger partial charge in [0.1, 0.15) is 10.9 Å². The van der Waals surface area contributed by atoms with Crippen molar-refractivity contribution >= 4 is 73.6 Å². The highest BCUT2D eigenvalue weighted by Crippen LogP contribution is 2.48. The molecule has 0 fully saturated rings. The molecule has 9 heteroatoms. The molecule has 0 aliphatic carbocycles. The number of hydrogen-bond acceptors (Lipinski definition) is 7. The summed E-state index contributed by atoms with van der Waals surface area (Å²) in [5.41, 5.74) is 5.47. The third-order valence-electron chi connectivity index (χ3n) is 7.82. The molecule has 0 spiro atoms. The van der Waals surface area contributed by atoms with Crippen LogP contribution >= 0.6 is 23.5 Å². The van der Waals surface area contributed by atoms with Crippen LogP contribution in [-0.4, -0.2) is 10.2 Å². The van der Waals surface area contributed by atoms with E-state index in [-0.39, 0.29) is 18.3 Å². The lowest BCUT2D eigenvalue weighted by Gasteiger charge is -2.19. The van der Waals surface area contributed by atoms with Crippen molar-refractivity contribution < 1.29 is 14.1 Å². The smallest absolute Gasteiger partial charge is 0.180 e. The number of hydrogen-bond donors (Lipinski definition) is 0. The molecule has 268 valence electrons. The van der Waals surface area contributed by atoms with Gasteiger partial charge in [0, 0.05) is 38.1 Å². The number of carbonyl (C=O) groups excluding carboxylic acids is 1. The van der Waals surface area contributed by atoms with Crippen LogP contribution in [0.4, 0.5) is 0 Å². The highest BCUT2D eigenvalue weighted by atomic mass is 32.8. The third-order valence-corrected chi connectivity index (χ3v) is 14.5. The first-order valence-corrected chi connectivity index (χ1v) is 21.3. The standard InChI is InChI=1S/C20H17S2.C12H8OS2.C8H10.C2H4O2.CH4.S2/c1-14-11-12-16(13-15(14)2)22-19-9-5-3-7-17(19)21-18-8-4-6-10-20(18)22;13-15-11-7-3-1-5-9(11)14-10-6-2-4-8-12(10)15;1-7-5-3-4-6-8(7)2;1-2(3)4;;1-2/h3-13H,1-2H3;1-8H;3-6H,1-2H3;1H3,(H,3,4);1H4;/q+1;;;;;/p-1. The van der Waals surface area contributed by atoms with Crippen LogP contribution < -0.4 is 5.11 Å². The summed E-state index contributed by atoms with van der Waals surface area (Å²) in [7, 11) is -1.01. The van der Waals surface area contributed by atoms with Crippen LogP contribution in [0.2, 0.25) is 0 Å². The van der Waals surface area contributed by atoms with E-state index in [1.54, 1.807) is 11.8 Å². The van der Waals surface area contributed by atoms with Crippen molar-refractivity contribution in [2.45, 2.75) is 86.1 Å². The van der Waals surface area contributed by atoms with Gasteiger partial charge >= 0.3 is 0 Å². The highest BCUT2D eigenvalue weighted by Gasteiger charge is 2.37. The maximum atomic E-state index is 12.2. The highest BCUT2D eigenvalue weighted by molar-refractivity contribution is 8.07. The SMILES string of the molecule is C.CC(=O)[O-].Cc1ccc([S+]2c3ccccc3Sc3ccccc32)cc1C.Cc1ccccc1C.O=S1c2ccccc2Sc2ccccc21.S=S. The molecule has 2 aliphatic rings. The van der Waals surface area contributed by atoms with E-state index < -0.39 is 16.8 Å². The molecule has 0 aromatic heterocycles. The summed E-state index contributed by atoms with van der Waals surface area (Å²) < 4.78 is 12.2. The summed E-state index contributed by atoms with van der Waals surface area (Å²) in [6.45, 7) is 9.60. The number of aliphatic carboxylic acids is 1. The first-order valence-electron chi connectivity index (χ1n) is 16.0. The van der Waals surface area contributed by atoms with Crippen LogP contribution in [0.15, 0.2) is 184 Å². The molecule has 0 unspecified atom stereocenters. The second-order valence-electron chi connectivity index (χ2n) is 11.4. The lowest BCUT2D eigenvalue weighted by atomic mass is 10.1. The van der Waals surface area contributed by atoms with Crippen molar-refractivity contribution in [3.63, 3.8) is 0 Å². The van der Waals surface area contributed by atoms with Gasteiger partial charge in [-0.15, -0.1) is 0 Å². The Morgan fingerprint density at radius 2 is 0.904 bits per heavy atom. The molecule has 2 aliphatic heterocycles. The molecule has 3 nitrogen and oxygen atoms in total. The second kappa shape index (κ2) is 21.2. The number of carboxylic acid groups (broad SMARTS) is 1. The third kappa shape index (κ3) is 11.2. The van der Waals surface area contributed by atoms with E-state index in [1.807, 2.05) is 60.3 Å². The monoisotopic (exact) mass is 798 g/mol. The summed E-state index contributed by atoms with van der Waals surface area (Å²) in [5, 5.41) is 8.89. The van der Waals surface area contributed by atoms with Gasteiger partial charge in [-0.25, -0.2) is 4.21 Å². The van der Waals surface area contributed by atoms with Gasteiger partial charge in [0.15, 0.2) is 14.7 Å². The number of carboxylic acids is 1. The molecule has 0 N–H and O–H groups in total. The first-order chi connectivity index (χ1) is 24.6. The maximum Gasteiger partial charge on any atom is 0.180 e. The van der Waals surface area contributed by atoms with Crippen LogP contribution in [0.3, 0.4) is 0 Å². The number of benzene rings is 6. The Bertz CT molecular complexity index is 2010. The van der Waals surface area contributed by atoms with Crippen LogP contribution in [0.1, 0.15) is 36.6 Å². The molecule has 0 amide bonds. The van der Waals surface area contributed by atoms with Crippen LogP contribution in [0, 0.1) is 27.7 Å². The van der Waals surface area contributed by atoms with Gasteiger partial charge < -0.3 is 9.90 Å². The largest absolute Gasteiger partial charge is 0.550 e. The van der Waals surface area contributed by atoms with E-state index in [9.17, 15) is 4.21 Å². The fraction of sp³-hybridized carbons (Fsp3) is 0.140. The zero-order valence-electron chi connectivity index (χ0n) is 29.0. The normalized spacial score (nSPS) is 11.9. The molecular weight excluding hydrogens is 757 g/mol. The van der Waals surface area contributed by atoms with Gasteiger partial charge in [0.05, 0.1) is 30.4 Å². The topological polar surface area (TPSA) is 57.2 Å². The van der Waals surface area contributed by atoms with Crippen molar-refractivity contribution in [1.82, 2.24) is 0 Å². The predicted octanol–water partition coefficient (Wildman–Crippen LogP) is 10.9. The van der Waals surface area contributed by atoms with Gasteiger partial charge in [-0.2, -0.15) is 0 Å². The molecule has 2 heterocycles. The average molecular weight is 799 g/mol. The Morgan fingerprint density at radius 1 is 0.558 bits per heavy atom. The minimum atomic E-state index is -1.08. The number of rotatable bonds is 1. The first kappa shape index (κ1) is 42.8. The Balaban J connectivity index is 0.000000210. The van der Waals surface area contributed by atoms with E-state index in [0.29, 0.717) is 0 Å². The molecule has 0 saturated heterocycles. The lowest BCUT2D eigenvalue weighted by Crippen LogP contribution is -2.16.